The van der Waals surface area contributed by atoms with E-state index in [1.807, 2.05) is 0 Å². The fourth-order valence-corrected chi connectivity index (χ4v) is 2.03. The number of hydrogen-bond acceptors (Lipinski definition) is 2. The molecule has 1 aromatic heterocycles. The summed E-state index contributed by atoms with van der Waals surface area (Å²) in [6, 6.07) is 3.02. The van der Waals surface area contributed by atoms with Crippen molar-refractivity contribution in [1.82, 2.24) is 5.32 Å². The van der Waals surface area contributed by atoms with Gasteiger partial charge in [0.15, 0.2) is 11.9 Å². The molecule has 1 aliphatic heterocycles. The van der Waals surface area contributed by atoms with E-state index >= 15 is 0 Å². The molecule has 2 heterocycles. The quantitative estimate of drug-likeness (QED) is 0.620. The van der Waals surface area contributed by atoms with Gasteiger partial charge in [0.25, 0.3) is 5.92 Å². The van der Waals surface area contributed by atoms with E-state index in [0.29, 0.717) is 22.5 Å². The number of rotatable bonds is 1. The van der Waals surface area contributed by atoms with E-state index in [2.05, 4.69) is 5.32 Å². The molecule has 0 amide bonds. The van der Waals surface area contributed by atoms with Gasteiger partial charge in [0, 0.05) is 38.6 Å². The monoisotopic (exact) mass is 264 g/mol. The fourth-order valence-electron chi connectivity index (χ4n) is 2.03. The first-order valence-electron chi connectivity index (χ1n) is 5.29. The first kappa shape index (κ1) is 14.1. The van der Waals surface area contributed by atoms with Gasteiger partial charge in [0.05, 0.1) is 5.92 Å². The Morgan fingerprint density at radius 1 is 1.53 bits per heavy atom. The van der Waals surface area contributed by atoms with Gasteiger partial charge in [-0.3, -0.25) is 0 Å². The number of nitrogens with zero attached hydrogens (tertiary/aromatic N) is 1. The summed E-state index contributed by atoms with van der Waals surface area (Å²) in [7, 11) is 0. The van der Waals surface area contributed by atoms with Crippen molar-refractivity contribution in [2.24, 2.45) is 0 Å². The van der Waals surface area contributed by atoms with Gasteiger partial charge in [-0.25, -0.2) is 8.78 Å². The highest BCUT2D eigenvalue weighted by Crippen LogP contribution is 2.37. The van der Waals surface area contributed by atoms with Gasteiger partial charge < -0.3 is 10.5 Å². The van der Waals surface area contributed by atoms with Crippen LogP contribution in [0.5, 0.6) is 0 Å². The minimum absolute atomic E-state index is 0. The summed E-state index contributed by atoms with van der Waals surface area (Å²) in [6.45, 7) is 2.22. The highest BCUT2D eigenvalue weighted by atomic mass is 35.5. The molecule has 0 saturated carbocycles. The molecule has 3 nitrogen and oxygen atoms in total. The smallest absolute Gasteiger partial charge is 0.257 e. The molecule has 1 atom stereocenters. The molecule has 0 radical (unpaired) electrons. The second kappa shape index (κ2) is 5.14. The van der Waals surface area contributed by atoms with Crippen molar-refractivity contribution in [1.29, 1.82) is 0 Å². The number of pyridine rings is 1. The van der Waals surface area contributed by atoms with Crippen LogP contribution in [0.3, 0.4) is 0 Å². The standard InChI is InChI=1S/C11H14F2N2O.ClH/c1-8-6-9(2-5-15(8)16)10-7-14-4-3-11(10,12)13;/h2,5-6,10,14H,3-4,7H2,1H3;1H. The van der Waals surface area contributed by atoms with Crippen LogP contribution in [0.15, 0.2) is 18.3 Å². The Kier molecular flexibility index (Phi) is 4.27. The molecule has 0 aromatic carbocycles. The van der Waals surface area contributed by atoms with E-state index in [0.717, 1.165) is 0 Å². The van der Waals surface area contributed by atoms with Crippen molar-refractivity contribution in [2.45, 2.75) is 25.2 Å². The molecule has 0 bridgehead atoms. The third-order valence-electron chi connectivity index (χ3n) is 3.02. The van der Waals surface area contributed by atoms with Gasteiger partial charge in [-0.05, 0) is 5.56 Å². The zero-order valence-corrected chi connectivity index (χ0v) is 10.3. The van der Waals surface area contributed by atoms with Gasteiger partial charge in [0.2, 0.25) is 0 Å². The minimum Gasteiger partial charge on any atom is -0.619 e. The molecule has 1 fully saturated rings. The van der Waals surface area contributed by atoms with Crippen LogP contribution in [0.25, 0.3) is 0 Å². The van der Waals surface area contributed by atoms with Gasteiger partial charge in [0.1, 0.15) is 0 Å². The molecule has 96 valence electrons. The van der Waals surface area contributed by atoms with Crippen LogP contribution in [0, 0.1) is 12.1 Å². The number of halogens is 3. The summed E-state index contributed by atoms with van der Waals surface area (Å²) in [4.78, 5) is 0. The molecule has 17 heavy (non-hydrogen) atoms. The molecule has 0 aliphatic carbocycles. The maximum Gasteiger partial charge on any atom is 0.257 e. The lowest BCUT2D eigenvalue weighted by Crippen LogP contribution is -2.43. The first-order chi connectivity index (χ1) is 7.50. The normalized spacial score (nSPS) is 22.9. The van der Waals surface area contributed by atoms with Crippen molar-refractivity contribution >= 4 is 12.4 Å². The summed E-state index contributed by atoms with van der Waals surface area (Å²) in [5, 5.41) is 14.1. The lowest BCUT2D eigenvalue weighted by atomic mass is 9.88. The van der Waals surface area contributed by atoms with Gasteiger partial charge in [-0.2, -0.15) is 4.73 Å². The predicted molar refractivity (Wildman–Crippen MR) is 62.6 cm³/mol. The molecular formula is C11H15ClF2N2O. The number of piperidine rings is 1. The van der Waals surface area contributed by atoms with Crippen molar-refractivity contribution in [3.8, 4) is 0 Å². The van der Waals surface area contributed by atoms with Gasteiger partial charge in [-0.1, -0.05) is 0 Å². The Bertz CT molecular complexity index is 401. The summed E-state index contributed by atoms with van der Waals surface area (Å²) < 4.78 is 28.0. The van der Waals surface area contributed by atoms with Gasteiger partial charge in [-0.15, -0.1) is 12.4 Å². The molecule has 1 unspecified atom stereocenters. The van der Waals surface area contributed by atoms with Crippen LogP contribution in [0.2, 0.25) is 0 Å². The Hall–Kier alpha value is -0.940. The van der Waals surface area contributed by atoms with Crippen LogP contribution in [0.1, 0.15) is 23.6 Å². The van der Waals surface area contributed by atoms with Crippen LogP contribution in [-0.4, -0.2) is 19.0 Å². The van der Waals surface area contributed by atoms with E-state index in [4.69, 9.17) is 0 Å². The number of aryl methyl sites for hydroxylation is 1. The Labute approximate surface area is 105 Å². The fraction of sp³-hybridized carbons (Fsp3) is 0.545. The van der Waals surface area contributed by atoms with E-state index in [1.165, 1.54) is 12.3 Å². The summed E-state index contributed by atoms with van der Waals surface area (Å²) >= 11 is 0. The average Bonchev–Trinajstić information content (AvgIpc) is 2.22. The molecule has 2 rings (SSSR count). The van der Waals surface area contributed by atoms with Crippen LogP contribution in [-0.2, 0) is 0 Å². The topological polar surface area (TPSA) is 39.0 Å². The maximum atomic E-state index is 13.7. The number of aromatic nitrogens is 1. The zero-order chi connectivity index (χ0) is 11.8. The molecule has 1 aromatic rings. The summed E-state index contributed by atoms with van der Waals surface area (Å²) in [6.07, 6.45) is 1.14. The molecule has 1 N–H and O–H groups in total. The van der Waals surface area contributed by atoms with Crippen molar-refractivity contribution in [3.63, 3.8) is 0 Å². The predicted octanol–water partition coefficient (Wildman–Crippen LogP) is 1.76. The van der Waals surface area contributed by atoms with Crippen LogP contribution < -0.4 is 10.0 Å². The van der Waals surface area contributed by atoms with E-state index in [9.17, 15) is 14.0 Å². The van der Waals surface area contributed by atoms with E-state index in [-0.39, 0.29) is 25.4 Å². The van der Waals surface area contributed by atoms with Gasteiger partial charge >= 0.3 is 0 Å². The largest absolute Gasteiger partial charge is 0.619 e. The average molecular weight is 265 g/mol. The number of hydrogen-bond donors (Lipinski definition) is 1. The lowest BCUT2D eigenvalue weighted by molar-refractivity contribution is -0.612. The van der Waals surface area contributed by atoms with Crippen molar-refractivity contribution in [2.75, 3.05) is 13.1 Å². The Morgan fingerprint density at radius 2 is 2.24 bits per heavy atom. The molecule has 0 spiro atoms. The van der Waals surface area contributed by atoms with Crippen LogP contribution in [0.4, 0.5) is 8.78 Å². The highest BCUT2D eigenvalue weighted by molar-refractivity contribution is 5.85. The molecule has 1 saturated heterocycles. The SMILES string of the molecule is Cc1cc(C2CNCCC2(F)F)cc[n+]1[O-].Cl. The lowest BCUT2D eigenvalue weighted by Gasteiger charge is -2.32. The van der Waals surface area contributed by atoms with E-state index in [1.54, 1.807) is 13.0 Å². The zero-order valence-electron chi connectivity index (χ0n) is 9.45. The van der Waals surface area contributed by atoms with Crippen LogP contribution >= 0.6 is 12.4 Å². The van der Waals surface area contributed by atoms with Crippen molar-refractivity contribution < 1.29 is 13.5 Å². The Balaban J connectivity index is 0.00000144. The van der Waals surface area contributed by atoms with Crippen molar-refractivity contribution in [3.05, 3.63) is 34.8 Å². The minimum atomic E-state index is -2.69. The Morgan fingerprint density at radius 3 is 2.82 bits per heavy atom. The third kappa shape index (κ3) is 2.84. The molecular weight excluding hydrogens is 250 g/mol. The summed E-state index contributed by atoms with van der Waals surface area (Å²) in [5.74, 6) is -3.52. The first-order valence-corrected chi connectivity index (χ1v) is 5.29. The second-order valence-electron chi connectivity index (χ2n) is 4.19. The molecule has 1 aliphatic rings. The maximum absolute atomic E-state index is 13.7. The third-order valence-corrected chi connectivity index (χ3v) is 3.02. The highest BCUT2D eigenvalue weighted by Gasteiger charge is 2.42. The second-order valence-corrected chi connectivity index (χ2v) is 4.19. The molecule has 6 heteroatoms. The number of nitrogens with one attached hydrogen (secondary N) is 1. The number of alkyl halides is 2. The summed E-state index contributed by atoms with van der Waals surface area (Å²) in [5.41, 5.74) is 0.973. The van der Waals surface area contributed by atoms with E-state index < -0.39 is 11.8 Å².